The van der Waals surface area contributed by atoms with Crippen LogP contribution < -0.4 is 10.6 Å². The summed E-state index contributed by atoms with van der Waals surface area (Å²) in [6, 6.07) is 3.77. The van der Waals surface area contributed by atoms with E-state index in [0.29, 0.717) is 6.54 Å². The van der Waals surface area contributed by atoms with Gasteiger partial charge in [0.1, 0.15) is 17.2 Å². The lowest BCUT2D eigenvalue weighted by atomic mass is 9.79. The number of aliphatic hydroxyl groups excluding tert-OH is 1. The maximum Gasteiger partial charge on any atom is 0.353 e. The van der Waals surface area contributed by atoms with E-state index in [4.69, 9.17) is 4.42 Å². The molecule has 2 fully saturated rings. The molecule has 4 heterocycles. The second-order valence-electron chi connectivity index (χ2n) is 8.04. The molecule has 1 aromatic rings. The van der Waals surface area contributed by atoms with Crippen molar-refractivity contribution in [3.63, 3.8) is 0 Å². The van der Waals surface area contributed by atoms with E-state index >= 15 is 0 Å². The van der Waals surface area contributed by atoms with Crippen LogP contribution in [0.5, 0.6) is 0 Å². The summed E-state index contributed by atoms with van der Waals surface area (Å²) in [5.74, 6) is -0.232. The van der Waals surface area contributed by atoms with Gasteiger partial charge in [-0.15, -0.1) is 24.2 Å². The van der Waals surface area contributed by atoms with Gasteiger partial charge in [0.2, 0.25) is 5.91 Å². The molecule has 6 atom stereocenters. The minimum atomic E-state index is -1.08. The van der Waals surface area contributed by atoms with Gasteiger partial charge in [0.05, 0.1) is 30.7 Å². The van der Waals surface area contributed by atoms with E-state index in [1.165, 1.54) is 4.90 Å². The highest BCUT2D eigenvalue weighted by molar-refractivity contribution is 8.03. The largest absolute Gasteiger partial charge is 0.477 e. The van der Waals surface area contributed by atoms with Gasteiger partial charge in [-0.3, -0.25) is 4.79 Å². The summed E-state index contributed by atoms with van der Waals surface area (Å²) in [5.41, 5.74) is 0.0900. The number of hydrogen-bond acceptors (Lipinski definition) is 7. The molecule has 4 N–H and O–H groups in total. The number of nitrogens with zero attached hydrogens (tertiary/aromatic N) is 1. The molecule has 1 amide bonds. The summed E-state index contributed by atoms with van der Waals surface area (Å²) in [7, 11) is 1.87. The predicted molar refractivity (Wildman–Crippen MR) is 115 cm³/mol. The van der Waals surface area contributed by atoms with Gasteiger partial charge in [-0.1, -0.05) is 6.92 Å². The Balaban J connectivity index is 0.00000256. The molecule has 0 spiro atoms. The smallest absolute Gasteiger partial charge is 0.353 e. The van der Waals surface area contributed by atoms with Crippen LogP contribution in [0.1, 0.15) is 37.8 Å². The third-order valence-electron chi connectivity index (χ3n) is 6.07. The van der Waals surface area contributed by atoms with E-state index < -0.39 is 18.0 Å². The Kier molecular flexibility index (Phi) is 6.88. The van der Waals surface area contributed by atoms with E-state index in [1.807, 2.05) is 26.1 Å². The molecular formula is C20H28ClN3O5S. The fourth-order valence-electron chi connectivity index (χ4n) is 4.72. The van der Waals surface area contributed by atoms with Gasteiger partial charge < -0.3 is 30.2 Å². The summed E-state index contributed by atoms with van der Waals surface area (Å²) in [4.78, 5) is 26.5. The first kappa shape index (κ1) is 23.1. The zero-order valence-electron chi connectivity index (χ0n) is 17.1. The van der Waals surface area contributed by atoms with Crippen molar-refractivity contribution in [2.75, 3.05) is 13.6 Å². The number of aliphatic carboxylic acids is 1. The lowest BCUT2D eigenvalue weighted by Gasteiger charge is -2.46. The van der Waals surface area contributed by atoms with Crippen LogP contribution >= 0.6 is 24.2 Å². The molecule has 0 bridgehead atoms. The number of aliphatic hydroxyl groups is 1. The fourth-order valence-corrected chi connectivity index (χ4v) is 6.20. The van der Waals surface area contributed by atoms with Crippen LogP contribution in [0.15, 0.2) is 27.2 Å². The van der Waals surface area contributed by atoms with Crippen LogP contribution in [0.3, 0.4) is 0 Å². The van der Waals surface area contributed by atoms with Crippen LogP contribution in [-0.4, -0.2) is 58.0 Å². The Hall–Kier alpha value is -1.52. The Morgan fingerprint density at radius 2 is 2.20 bits per heavy atom. The Morgan fingerprint density at radius 3 is 2.83 bits per heavy atom. The molecule has 10 heteroatoms. The molecule has 30 heavy (non-hydrogen) atoms. The quantitative estimate of drug-likeness (QED) is 0.457. The number of rotatable bonds is 7. The minimum Gasteiger partial charge on any atom is -0.477 e. The highest BCUT2D eigenvalue weighted by Gasteiger charge is 2.60. The predicted octanol–water partition coefficient (Wildman–Crippen LogP) is 1.71. The molecule has 166 valence electrons. The Morgan fingerprint density at radius 1 is 1.47 bits per heavy atom. The third kappa shape index (κ3) is 3.78. The first-order chi connectivity index (χ1) is 13.8. The number of carboxylic acids is 1. The van der Waals surface area contributed by atoms with E-state index in [-0.39, 0.29) is 47.3 Å². The van der Waals surface area contributed by atoms with Gasteiger partial charge in [-0.05, 0) is 32.5 Å². The van der Waals surface area contributed by atoms with Gasteiger partial charge in [0.15, 0.2) is 0 Å². The normalized spacial score (nSPS) is 31.4. The van der Waals surface area contributed by atoms with Crippen LogP contribution in [-0.2, 0) is 16.1 Å². The van der Waals surface area contributed by atoms with Crippen molar-refractivity contribution in [1.82, 2.24) is 15.5 Å². The molecule has 0 saturated carbocycles. The molecule has 3 aliphatic heterocycles. The van der Waals surface area contributed by atoms with Gasteiger partial charge >= 0.3 is 5.97 Å². The van der Waals surface area contributed by atoms with Crippen LogP contribution in [0.25, 0.3) is 0 Å². The lowest BCUT2D eigenvalue weighted by Crippen LogP contribution is -2.63. The Labute approximate surface area is 185 Å². The average molecular weight is 458 g/mol. The van der Waals surface area contributed by atoms with Crippen LogP contribution in [0.2, 0.25) is 0 Å². The molecule has 1 aromatic heterocycles. The summed E-state index contributed by atoms with van der Waals surface area (Å²) in [6.45, 7) is 4.95. The van der Waals surface area contributed by atoms with E-state index in [1.54, 1.807) is 18.7 Å². The minimum absolute atomic E-state index is 0. The SMILES string of the molecule is CNCc1ccc([C@H]2C[C@H](SC3=C(C(=O)O)N4C(=O)[C@H]([C@@H](C)O)[C@H]4[C@H]3C)CN2)o1.Cl. The molecule has 4 rings (SSSR count). The number of amides is 1. The Bertz CT molecular complexity index is 857. The number of furan rings is 1. The number of carboxylic acid groups (broad SMARTS) is 1. The van der Waals surface area contributed by atoms with Crippen molar-refractivity contribution in [2.45, 2.75) is 50.3 Å². The number of β-lactam (4-membered cyclic amide) rings is 1. The molecule has 8 nitrogen and oxygen atoms in total. The molecule has 0 aromatic carbocycles. The molecular weight excluding hydrogens is 430 g/mol. The number of hydrogen-bond donors (Lipinski definition) is 4. The topological polar surface area (TPSA) is 115 Å². The maximum atomic E-state index is 12.4. The second-order valence-corrected chi connectivity index (χ2v) is 9.38. The summed E-state index contributed by atoms with van der Waals surface area (Å²) in [5, 5.41) is 26.4. The van der Waals surface area contributed by atoms with Crippen LogP contribution in [0, 0.1) is 11.8 Å². The molecule has 0 unspecified atom stereocenters. The van der Waals surface area contributed by atoms with Crippen molar-refractivity contribution in [3.05, 3.63) is 34.3 Å². The van der Waals surface area contributed by atoms with Gasteiger partial charge in [0, 0.05) is 22.6 Å². The highest BCUT2D eigenvalue weighted by atomic mass is 35.5. The van der Waals surface area contributed by atoms with Gasteiger partial charge in [0.25, 0.3) is 0 Å². The van der Waals surface area contributed by atoms with Crippen molar-refractivity contribution in [3.8, 4) is 0 Å². The number of thioether (sulfide) groups is 1. The second kappa shape index (κ2) is 8.92. The molecule has 0 aliphatic carbocycles. The van der Waals surface area contributed by atoms with Crippen molar-refractivity contribution < 1.29 is 24.2 Å². The maximum absolute atomic E-state index is 12.4. The monoisotopic (exact) mass is 457 g/mol. The first-order valence-corrected chi connectivity index (χ1v) is 10.8. The van der Waals surface area contributed by atoms with Crippen LogP contribution in [0.4, 0.5) is 0 Å². The molecule has 3 aliphatic rings. The number of halogens is 1. The number of nitrogens with one attached hydrogen (secondary N) is 2. The van der Waals surface area contributed by atoms with Crippen molar-refractivity contribution in [2.24, 2.45) is 11.8 Å². The summed E-state index contributed by atoms with van der Waals surface area (Å²) < 4.78 is 5.88. The zero-order valence-corrected chi connectivity index (χ0v) is 18.8. The fraction of sp³-hybridized carbons (Fsp3) is 0.600. The number of carbonyl (C=O) groups excluding carboxylic acids is 1. The third-order valence-corrected chi connectivity index (χ3v) is 7.58. The lowest BCUT2D eigenvalue weighted by molar-refractivity contribution is -0.163. The number of fused-ring (bicyclic) bond motifs is 1. The summed E-state index contributed by atoms with van der Waals surface area (Å²) >= 11 is 1.54. The molecule has 2 saturated heterocycles. The number of carbonyl (C=O) groups is 2. The van der Waals surface area contributed by atoms with Gasteiger partial charge in [-0.2, -0.15) is 0 Å². The van der Waals surface area contributed by atoms with E-state index in [0.717, 1.165) is 29.4 Å². The standard InChI is InChI=1S/C20H27N3O5S.ClH/c1-9-16-15(10(2)24)19(25)23(16)17(20(26)27)18(9)29-12-6-13(22-8-12)14-5-4-11(28-14)7-21-3;/h4-5,9-10,12-13,15-16,21-22,24H,6-8H2,1-3H3,(H,26,27);1H/t9-,10-,12+,13-,15-,16-;/m1./s1. The highest BCUT2D eigenvalue weighted by Crippen LogP contribution is 2.52. The average Bonchev–Trinajstić information content (AvgIpc) is 3.34. The zero-order chi connectivity index (χ0) is 20.9. The van der Waals surface area contributed by atoms with Gasteiger partial charge in [-0.25, -0.2) is 4.79 Å². The van der Waals surface area contributed by atoms with E-state index in [2.05, 4.69) is 10.6 Å². The van der Waals surface area contributed by atoms with Crippen molar-refractivity contribution >= 4 is 36.0 Å². The first-order valence-electron chi connectivity index (χ1n) is 9.95. The van der Waals surface area contributed by atoms with E-state index in [9.17, 15) is 19.8 Å². The summed E-state index contributed by atoms with van der Waals surface area (Å²) in [6.07, 6.45) is 0.0347. The molecule has 0 radical (unpaired) electrons. The van der Waals surface area contributed by atoms with Crippen molar-refractivity contribution in [1.29, 1.82) is 0 Å².